The molecule has 1 aromatic heterocycles. The van der Waals surface area contributed by atoms with Crippen LogP contribution >= 0.6 is 24.0 Å². The summed E-state index contributed by atoms with van der Waals surface area (Å²) in [5.74, 6) is 2.93. The molecule has 26 heavy (non-hydrogen) atoms. The molecule has 142 valence electrons. The molecule has 1 aliphatic rings. The molecule has 3 rings (SSSR count). The third kappa shape index (κ3) is 5.18. The van der Waals surface area contributed by atoms with Crippen molar-refractivity contribution >= 4 is 29.9 Å². The van der Waals surface area contributed by atoms with Crippen LogP contribution in [-0.2, 0) is 32.5 Å². The topological polar surface area (TPSA) is 67.1 Å². The molecule has 1 aromatic carbocycles. The number of guanidine groups is 1. The lowest BCUT2D eigenvalue weighted by atomic mass is 10.1. The second kappa shape index (κ2) is 10.5. The largest absolute Gasteiger partial charge is 0.357 e. The summed E-state index contributed by atoms with van der Waals surface area (Å²) < 4.78 is 2.24. The number of halogens is 1. The highest BCUT2D eigenvalue weighted by Gasteiger charge is 2.15. The number of aliphatic imine (C=N–C) groups is 1. The third-order valence-corrected chi connectivity index (χ3v) is 4.60. The van der Waals surface area contributed by atoms with Crippen LogP contribution in [0.2, 0.25) is 0 Å². The van der Waals surface area contributed by atoms with E-state index in [1.165, 1.54) is 24.0 Å². The number of benzene rings is 1. The van der Waals surface area contributed by atoms with E-state index in [4.69, 9.17) is 4.99 Å². The number of aryl methyl sites for hydroxylation is 2. The lowest BCUT2D eigenvalue weighted by molar-refractivity contribution is 0.504. The number of nitrogens with zero attached hydrogens (tertiary/aromatic N) is 4. The van der Waals surface area contributed by atoms with Crippen molar-refractivity contribution in [1.29, 1.82) is 0 Å². The van der Waals surface area contributed by atoms with Gasteiger partial charge in [-0.1, -0.05) is 31.2 Å². The normalized spacial score (nSPS) is 13.7. The van der Waals surface area contributed by atoms with Gasteiger partial charge in [0.05, 0.1) is 13.1 Å². The van der Waals surface area contributed by atoms with Crippen LogP contribution in [0, 0.1) is 0 Å². The summed E-state index contributed by atoms with van der Waals surface area (Å²) in [5.41, 5.74) is 2.63. The van der Waals surface area contributed by atoms with Gasteiger partial charge in [0.1, 0.15) is 5.82 Å². The lowest BCUT2D eigenvalue weighted by Crippen LogP contribution is -2.37. The second-order valence-electron chi connectivity index (χ2n) is 6.31. The minimum atomic E-state index is 0. The number of fused-ring (bicyclic) bond motifs is 1. The Kier molecular flexibility index (Phi) is 8.34. The zero-order valence-corrected chi connectivity index (χ0v) is 18.0. The Balaban J connectivity index is 0.00000243. The summed E-state index contributed by atoms with van der Waals surface area (Å²) in [4.78, 5) is 4.74. The highest BCUT2D eigenvalue weighted by Crippen LogP contribution is 2.14. The second-order valence-corrected chi connectivity index (χ2v) is 6.31. The fourth-order valence-corrected chi connectivity index (χ4v) is 3.22. The van der Waals surface area contributed by atoms with Gasteiger partial charge in [-0.05, 0) is 37.3 Å². The first-order valence-corrected chi connectivity index (χ1v) is 9.31. The zero-order valence-electron chi connectivity index (χ0n) is 15.7. The monoisotopic (exact) mass is 468 g/mol. The maximum atomic E-state index is 4.74. The number of rotatable bonds is 6. The van der Waals surface area contributed by atoms with Gasteiger partial charge in [-0.2, -0.15) is 0 Å². The van der Waals surface area contributed by atoms with Gasteiger partial charge in [-0.15, -0.1) is 34.2 Å². The van der Waals surface area contributed by atoms with Crippen molar-refractivity contribution in [3.05, 3.63) is 47.0 Å². The molecule has 6 nitrogen and oxygen atoms in total. The molecular formula is C19H29IN6. The Labute approximate surface area is 172 Å². The first-order chi connectivity index (χ1) is 12.3. The summed E-state index contributed by atoms with van der Waals surface area (Å²) in [6.07, 6.45) is 4.49. The summed E-state index contributed by atoms with van der Waals surface area (Å²) in [5, 5.41) is 15.4. The molecule has 0 saturated carbocycles. The molecule has 0 amide bonds. The molecule has 0 saturated heterocycles. The van der Waals surface area contributed by atoms with E-state index in [1.54, 1.807) is 0 Å². The molecular weight excluding hydrogens is 439 g/mol. The number of aromatic nitrogens is 3. The van der Waals surface area contributed by atoms with E-state index < -0.39 is 0 Å². The predicted molar refractivity (Wildman–Crippen MR) is 116 cm³/mol. The molecule has 0 radical (unpaired) electrons. The molecule has 2 heterocycles. The first kappa shape index (κ1) is 20.7. The molecule has 0 aliphatic carbocycles. The van der Waals surface area contributed by atoms with E-state index in [2.05, 4.69) is 63.5 Å². The van der Waals surface area contributed by atoms with E-state index in [1.807, 2.05) is 0 Å². The summed E-state index contributed by atoms with van der Waals surface area (Å²) in [6, 6.07) is 8.49. The van der Waals surface area contributed by atoms with E-state index in [0.29, 0.717) is 13.1 Å². The quantitative estimate of drug-likeness (QED) is 0.389. The highest BCUT2D eigenvalue weighted by molar-refractivity contribution is 14.0. The SMILES string of the molecule is CCNC(=NCc1ccccc1CC)NCc1nnc2n1CCCC2.I. The van der Waals surface area contributed by atoms with E-state index in [0.717, 1.165) is 43.5 Å². The predicted octanol–water partition coefficient (Wildman–Crippen LogP) is 3.05. The van der Waals surface area contributed by atoms with Gasteiger partial charge in [-0.25, -0.2) is 4.99 Å². The van der Waals surface area contributed by atoms with Crippen LogP contribution in [0.5, 0.6) is 0 Å². The molecule has 0 bridgehead atoms. The molecule has 0 atom stereocenters. The maximum absolute atomic E-state index is 4.74. The average Bonchev–Trinajstić information content (AvgIpc) is 3.07. The smallest absolute Gasteiger partial charge is 0.191 e. The third-order valence-electron chi connectivity index (χ3n) is 4.60. The Bertz CT molecular complexity index is 725. The lowest BCUT2D eigenvalue weighted by Gasteiger charge is -2.16. The zero-order chi connectivity index (χ0) is 17.5. The molecule has 2 aromatic rings. The van der Waals surface area contributed by atoms with Crippen molar-refractivity contribution in [2.75, 3.05) is 6.54 Å². The van der Waals surface area contributed by atoms with Gasteiger partial charge in [0.25, 0.3) is 0 Å². The fourth-order valence-electron chi connectivity index (χ4n) is 3.22. The Morgan fingerprint density at radius 1 is 1.12 bits per heavy atom. The van der Waals surface area contributed by atoms with Crippen LogP contribution in [0.3, 0.4) is 0 Å². The van der Waals surface area contributed by atoms with Crippen molar-refractivity contribution in [2.45, 2.75) is 59.2 Å². The van der Waals surface area contributed by atoms with Crippen LogP contribution < -0.4 is 10.6 Å². The van der Waals surface area contributed by atoms with Crippen molar-refractivity contribution < 1.29 is 0 Å². The van der Waals surface area contributed by atoms with Crippen molar-refractivity contribution in [1.82, 2.24) is 25.4 Å². The number of hydrogen-bond donors (Lipinski definition) is 2. The summed E-state index contributed by atoms with van der Waals surface area (Å²) >= 11 is 0. The minimum absolute atomic E-state index is 0. The van der Waals surface area contributed by atoms with Gasteiger partial charge < -0.3 is 15.2 Å². The van der Waals surface area contributed by atoms with Gasteiger partial charge in [0, 0.05) is 19.5 Å². The first-order valence-electron chi connectivity index (χ1n) is 9.31. The molecule has 1 aliphatic heterocycles. The van der Waals surface area contributed by atoms with E-state index in [9.17, 15) is 0 Å². The molecule has 7 heteroatoms. The minimum Gasteiger partial charge on any atom is -0.357 e. The standard InChI is InChI=1S/C19H28N6.HI/c1-3-15-9-5-6-10-16(15)13-21-19(20-4-2)22-14-18-24-23-17-11-7-8-12-25(17)18;/h5-6,9-10H,3-4,7-8,11-14H2,1-2H3,(H2,20,21,22);1H. The Morgan fingerprint density at radius 3 is 2.69 bits per heavy atom. The van der Waals surface area contributed by atoms with E-state index in [-0.39, 0.29) is 24.0 Å². The van der Waals surface area contributed by atoms with E-state index >= 15 is 0 Å². The van der Waals surface area contributed by atoms with Gasteiger partial charge >= 0.3 is 0 Å². The van der Waals surface area contributed by atoms with Gasteiger partial charge in [0.2, 0.25) is 0 Å². The Morgan fingerprint density at radius 2 is 1.92 bits per heavy atom. The van der Waals surface area contributed by atoms with Crippen LogP contribution in [0.1, 0.15) is 49.5 Å². The summed E-state index contributed by atoms with van der Waals surface area (Å²) in [6.45, 7) is 7.44. The molecule has 0 fully saturated rings. The molecule has 0 unspecified atom stereocenters. The van der Waals surface area contributed by atoms with Crippen LogP contribution in [0.4, 0.5) is 0 Å². The summed E-state index contributed by atoms with van der Waals surface area (Å²) in [7, 11) is 0. The highest BCUT2D eigenvalue weighted by atomic mass is 127. The van der Waals surface area contributed by atoms with Crippen LogP contribution in [0.15, 0.2) is 29.3 Å². The fraction of sp³-hybridized carbons (Fsp3) is 0.526. The number of hydrogen-bond acceptors (Lipinski definition) is 3. The van der Waals surface area contributed by atoms with Crippen LogP contribution in [0.25, 0.3) is 0 Å². The van der Waals surface area contributed by atoms with Crippen molar-refractivity contribution in [3.8, 4) is 0 Å². The molecule has 2 N–H and O–H groups in total. The maximum Gasteiger partial charge on any atom is 0.191 e. The Hall–Kier alpha value is -1.64. The van der Waals surface area contributed by atoms with Crippen LogP contribution in [-0.4, -0.2) is 27.3 Å². The average molecular weight is 468 g/mol. The van der Waals surface area contributed by atoms with Crippen molar-refractivity contribution in [2.24, 2.45) is 4.99 Å². The number of nitrogens with one attached hydrogen (secondary N) is 2. The van der Waals surface area contributed by atoms with Crippen molar-refractivity contribution in [3.63, 3.8) is 0 Å². The molecule has 0 spiro atoms. The van der Waals surface area contributed by atoms with Gasteiger partial charge in [0.15, 0.2) is 11.8 Å². The van der Waals surface area contributed by atoms with Gasteiger partial charge in [-0.3, -0.25) is 0 Å².